The minimum atomic E-state index is -0.119. The number of halogens is 1. The lowest BCUT2D eigenvalue weighted by molar-refractivity contribution is 0.157. The molecule has 0 bridgehead atoms. The lowest BCUT2D eigenvalue weighted by atomic mass is 10.2. The molecule has 1 unspecified atom stereocenters. The van der Waals surface area contributed by atoms with Crippen LogP contribution >= 0.6 is 11.6 Å². The first-order valence-electron chi connectivity index (χ1n) is 6.10. The molecule has 1 heterocycles. The van der Waals surface area contributed by atoms with Crippen LogP contribution in [0.4, 0.5) is 4.79 Å². The Balaban J connectivity index is 1.88. The standard InChI is InChI=1S/C13H17ClN2O2/c14-11-4-1-3-10(7-11)8-15-13(18)16-6-2-5-12(16)9-17/h1,3-4,7,12,17H,2,5-6,8-9H2,(H,15,18). The van der Waals surface area contributed by atoms with Crippen LogP contribution < -0.4 is 5.32 Å². The van der Waals surface area contributed by atoms with Gasteiger partial charge in [-0.2, -0.15) is 0 Å². The monoisotopic (exact) mass is 268 g/mol. The quantitative estimate of drug-likeness (QED) is 0.881. The highest BCUT2D eigenvalue weighted by Gasteiger charge is 2.27. The van der Waals surface area contributed by atoms with Crippen LogP contribution in [0.2, 0.25) is 5.02 Å². The Morgan fingerprint density at radius 3 is 3.11 bits per heavy atom. The second kappa shape index (κ2) is 6.07. The number of urea groups is 1. The maximum absolute atomic E-state index is 11.9. The van der Waals surface area contributed by atoms with Crippen LogP contribution in [0.3, 0.4) is 0 Å². The van der Waals surface area contributed by atoms with Crippen molar-refractivity contribution >= 4 is 17.6 Å². The van der Waals surface area contributed by atoms with Crippen molar-refractivity contribution in [3.05, 3.63) is 34.9 Å². The van der Waals surface area contributed by atoms with Crippen molar-refractivity contribution in [2.45, 2.75) is 25.4 Å². The first kappa shape index (κ1) is 13.2. The van der Waals surface area contributed by atoms with Crippen LogP contribution in [-0.4, -0.2) is 35.2 Å². The van der Waals surface area contributed by atoms with E-state index in [-0.39, 0.29) is 18.7 Å². The number of benzene rings is 1. The summed E-state index contributed by atoms with van der Waals surface area (Å²) in [6.45, 7) is 1.20. The summed E-state index contributed by atoms with van der Waals surface area (Å²) in [4.78, 5) is 13.6. The molecule has 1 aromatic rings. The van der Waals surface area contributed by atoms with Crippen molar-refractivity contribution in [2.24, 2.45) is 0 Å². The predicted octanol–water partition coefficient (Wildman–Crippen LogP) is 2.01. The van der Waals surface area contributed by atoms with Gasteiger partial charge in [0.2, 0.25) is 0 Å². The summed E-state index contributed by atoms with van der Waals surface area (Å²) in [6, 6.07) is 7.25. The first-order valence-corrected chi connectivity index (χ1v) is 6.48. The highest BCUT2D eigenvalue weighted by molar-refractivity contribution is 6.30. The fraction of sp³-hybridized carbons (Fsp3) is 0.462. The molecule has 5 heteroatoms. The van der Waals surface area contributed by atoms with Gasteiger partial charge in [-0.3, -0.25) is 0 Å². The molecule has 0 aromatic heterocycles. The van der Waals surface area contributed by atoms with Crippen LogP contribution in [-0.2, 0) is 6.54 Å². The number of carbonyl (C=O) groups is 1. The Morgan fingerprint density at radius 1 is 1.56 bits per heavy atom. The summed E-state index contributed by atoms with van der Waals surface area (Å²) < 4.78 is 0. The van der Waals surface area contributed by atoms with Crippen molar-refractivity contribution in [2.75, 3.05) is 13.2 Å². The summed E-state index contributed by atoms with van der Waals surface area (Å²) in [6.07, 6.45) is 1.83. The minimum absolute atomic E-state index is 0.0323. The lowest BCUT2D eigenvalue weighted by Crippen LogP contribution is -2.43. The van der Waals surface area contributed by atoms with E-state index in [0.29, 0.717) is 18.1 Å². The van der Waals surface area contributed by atoms with E-state index in [4.69, 9.17) is 16.7 Å². The van der Waals surface area contributed by atoms with Gasteiger partial charge in [-0.1, -0.05) is 23.7 Å². The van der Waals surface area contributed by atoms with E-state index in [1.807, 2.05) is 18.2 Å². The van der Waals surface area contributed by atoms with E-state index < -0.39 is 0 Å². The van der Waals surface area contributed by atoms with E-state index in [0.717, 1.165) is 18.4 Å². The van der Waals surface area contributed by atoms with Crippen LogP contribution in [0, 0.1) is 0 Å². The Bertz CT molecular complexity index is 425. The maximum Gasteiger partial charge on any atom is 0.317 e. The molecule has 1 aliphatic heterocycles. The third kappa shape index (κ3) is 3.15. The Labute approximate surface area is 112 Å². The number of nitrogens with zero attached hydrogens (tertiary/aromatic N) is 1. The molecule has 1 aromatic carbocycles. The third-order valence-electron chi connectivity index (χ3n) is 3.18. The van der Waals surface area contributed by atoms with Crippen molar-refractivity contribution in [1.29, 1.82) is 0 Å². The average molecular weight is 269 g/mol. The van der Waals surface area contributed by atoms with Crippen LogP contribution in [0.5, 0.6) is 0 Å². The van der Waals surface area contributed by atoms with Gasteiger partial charge in [0.05, 0.1) is 12.6 Å². The first-order chi connectivity index (χ1) is 8.70. The second-order valence-corrected chi connectivity index (χ2v) is 4.90. The minimum Gasteiger partial charge on any atom is -0.394 e. The zero-order chi connectivity index (χ0) is 13.0. The van der Waals surface area contributed by atoms with E-state index >= 15 is 0 Å². The summed E-state index contributed by atoms with van der Waals surface area (Å²) in [5.41, 5.74) is 0.968. The molecule has 4 nitrogen and oxygen atoms in total. The van der Waals surface area contributed by atoms with Crippen molar-refractivity contribution in [3.8, 4) is 0 Å². The van der Waals surface area contributed by atoms with Gasteiger partial charge >= 0.3 is 6.03 Å². The zero-order valence-electron chi connectivity index (χ0n) is 10.1. The Hall–Kier alpha value is -1.26. The zero-order valence-corrected chi connectivity index (χ0v) is 10.9. The van der Waals surface area contributed by atoms with Crippen LogP contribution in [0.1, 0.15) is 18.4 Å². The summed E-state index contributed by atoms with van der Waals surface area (Å²) in [5, 5.41) is 12.7. The average Bonchev–Trinajstić information content (AvgIpc) is 2.84. The van der Waals surface area contributed by atoms with Crippen LogP contribution in [0.15, 0.2) is 24.3 Å². The smallest absolute Gasteiger partial charge is 0.317 e. The van der Waals surface area contributed by atoms with E-state index in [1.54, 1.807) is 11.0 Å². The molecule has 0 radical (unpaired) electrons. The van der Waals surface area contributed by atoms with Gasteiger partial charge in [-0.25, -0.2) is 4.79 Å². The number of hydrogen-bond acceptors (Lipinski definition) is 2. The Kier molecular flexibility index (Phi) is 4.44. The Morgan fingerprint density at radius 2 is 2.39 bits per heavy atom. The molecule has 1 aliphatic rings. The van der Waals surface area contributed by atoms with E-state index in [9.17, 15) is 4.79 Å². The molecule has 1 fully saturated rings. The molecule has 2 amide bonds. The summed E-state index contributed by atoms with van der Waals surface area (Å²) in [7, 11) is 0. The molecule has 98 valence electrons. The number of amides is 2. The van der Waals surface area contributed by atoms with E-state index in [2.05, 4.69) is 5.32 Å². The molecular weight excluding hydrogens is 252 g/mol. The molecule has 2 N–H and O–H groups in total. The summed E-state index contributed by atoms with van der Waals surface area (Å²) >= 11 is 5.88. The highest BCUT2D eigenvalue weighted by Crippen LogP contribution is 2.16. The number of hydrogen-bond donors (Lipinski definition) is 2. The van der Waals surface area contributed by atoms with Gasteiger partial charge < -0.3 is 15.3 Å². The summed E-state index contributed by atoms with van der Waals surface area (Å²) in [5.74, 6) is 0. The fourth-order valence-corrected chi connectivity index (χ4v) is 2.43. The largest absolute Gasteiger partial charge is 0.394 e. The second-order valence-electron chi connectivity index (χ2n) is 4.46. The topological polar surface area (TPSA) is 52.6 Å². The normalized spacial score (nSPS) is 19.0. The molecule has 1 saturated heterocycles. The van der Waals surface area contributed by atoms with Gasteiger partial charge in [-0.05, 0) is 30.5 Å². The third-order valence-corrected chi connectivity index (χ3v) is 3.42. The SMILES string of the molecule is O=C(NCc1cccc(Cl)c1)N1CCCC1CO. The fourth-order valence-electron chi connectivity index (χ4n) is 2.22. The number of aliphatic hydroxyl groups excluding tert-OH is 1. The van der Waals surface area contributed by atoms with Gasteiger partial charge in [-0.15, -0.1) is 0 Å². The molecule has 0 saturated carbocycles. The molecule has 0 aliphatic carbocycles. The highest BCUT2D eigenvalue weighted by atomic mass is 35.5. The number of likely N-dealkylation sites (tertiary alicyclic amines) is 1. The molecule has 0 spiro atoms. The van der Waals surface area contributed by atoms with Crippen molar-refractivity contribution in [1.82, 2.24) is 10.2 Å². The molecule has 2 rings (SSSR count). The van der Waals surface area contributed by atoms with Gasteiger partial charge in [0.25, 0.3) is 0 Å². The number of carbonyl (C=O) groups excluding carboxylic acids is 1. The number of aliphatic hydroxyl groups is 1. The molecule has 1 atom stereocenters. The van der Waals surface area contributed by atoms with Crippen LogP contribution in [0.25, 0.3) is 0 Å². The molecular formula is C13H17ClN2O2. The maximum atomic E-state index is 11.9. The van der Waals surface area contributed by atoms with Gasteiger partial charge in [0, 0.05) is 18.1 Å². The number of rotatable bonds is 3. The predicted molar refractivity (Wildman–Crippen MR) is 70.5 cm³/mol. The van der Waals surface area contributed by atoms with Crippen molar-refractivity contribution in [3.63, 3.8) is 0 Å². The van der Waals surface area contributed by atoms with Crippen molar-refractivity contribution < 1.29 is 9.90 Å². The van der Waals surface area contributed by atoms with Gasteiger partial charge in [0.15, 0.2) is 0 Å². The molecule has 18 heavy (non-hydrogen) atoms. The number of nitrogens with one attached hydrogen (secondary N) is 1. The van der Waals surface area contributed by atoms with Gasteiger partial charge in [0.1, 0.15) is 0 Å². The lowest BCUT2D eigenvalue weighted by Gasteiger charge is -2.23. The van der Waals surface area contributed by atoms with E-state index in [1.165, 1.54) is 0 Å².